The van der Waals surface area contributed by atoms with Gasteiger partial charge in [-0.25, -0.2) is 0 Å². The van der Waals surface area contributed by atoms with Crippen molar-refractivity contribution in [1.29, 1.82) is 0 Å². The van der Waals surface area contributed by atoms with Gasteiger partial charge in [0.05, 0.1) is 12.7 Å². The Morgan fingerprint density at radius 3 is 2.29 bits per heavy atom. The number of unbranched alkanes of at least 4 members (excludes halogenated alkanes) is 9. The van der Waals surface area contributed by atoms with Crippen LogP contribution in [-0.2, 0) is 9.53 Å². The highest BCUT2D eigenvalue weighted by molar-refractivity contribution is 5.69. The molecule has 0 unspecified atom stereocenters. The van der Waals surface area contributed by atoms with E-state index in [1.165, 1.54) is 44.9 Å². The zero-order chi connectivity index (χ0) is 20.9. The molecule has 0 aromatic heterocycles. The van der Waals surface area contributed by atoms with Crippen LogP contribution in [0.25, 0.3) is 0 Å². The van der Waals surface area contributed by atoms with Crippen LogP contribution in [-0.4, -0.2) is 23.8 Å². The molecule has 1 atom stereocenters. The van der Waals surface area contributed by atoms with Gasteiger partial charge in [-0.3, -0.25) is 4.79 Å². The molecule has 1 N–H and O–H groups in total. The molecule has 166 valence electrons. The molecule has 0 saturated heterocycles. The predicted molar refractivity (Wildman–Crippen MR) is 120 cm³/mol. The minimum atomic E-state index is -0.164. The molecular formula is C25H48O3. The van der Waals surface area contributed by atoms with Gasteiger partial charge in [-0.1, -0.05) is 84.3 Å². The SMILES string of the molecule is CCCCCC[C@@H](O)CC=CCCCCCCCC(=O)OCCCCC(C)C. The summed E-state index contributed by atoms with van der Waals surface area (Å²) in [5.74, 6) is 0.707. The summed E-state index contributed by atoms with van der Waals surface area (Å²) in [6, 6.07) is 0. The number of carbonyl (C=O) groups is 1. The number of aliphatic hydroxyl groups excluding tert-OH is 1. The standard InChI is InChI=1S/C25H48O3/c1-4-5-6-13-19-24(26)20-14-11-9-7-8-10-12-15-21-25(27)28-22-17-16-18-23(2)3/h11,14,23-24,26H,4-10,12-13,15-22H2,1-3H3/t24-/m1/s1. The highest BCUT2D eigenvalue weighted by atomic mass is 16.5. The molecular weight excluding hydrogens is 348 g/mol. The summed E-state index contributed by atoms with van der Waals surface area (Å²) in [5, 5.41) is 9.91. The molecule has 0 aromatic rings. The fourth-order valence-corrected chi connectivity index (χ4v) is 3.27. The van der Waals surface area contributed by atoms with Crippen molar-refractivity contribution in [2.45, 2.75) is 130 Å². The summed E-state index contributed by atoms with van der Waals surface area (Å²) >= 11 is 0. The summed E-state index contributed by atoms with van der Waals surface area (Å²) in [4.78, 5) is 11.6. The van der Waals surface area contributed by atoms with Gasteiger partial charge < -0.3 is 9.84 Å². The zero-order valence-electron chi connectivity index (χ0n) is 19.1. The number of rotatable bonds is 20. The Morgan fingerprint density at radius 2 is 1.54 bits per heavy atom. The third kappa shape index (κ3) is 21.5. The molecule has 0 rings (SSSR count). The lowest BCUT2D eigenvalue weighted by Crippen LogP contribution is -2.05. The number of esters is 1. The molecule has 28 heavy (non-hydrogen) atoms. The van der Waals surface area contributed by atoms with Crippen LogP contribution in [0.1, 0.15) is 124 Å². The molecule has 3 nitrogen and oxygen atoms in total. The van der Waals surface area contributed by atoms with Crippen LogP contribution in [0.5, 0.6) is 0 Å². The Balaban J connectivity index is 3.32. The maximum Gasteiger partial charge on any atom is 0.305 e. The highest BCUT2D eigenvalue weighted by Crippen LogP contribution is 2.11. The van der Waals surface area contributed by atoms with Gasteiger partial charge >= 0.3 is 5.97 Å². The molecule has 0 aliphatic rings. The molecule has 0 fully saturated rings. The number of allylic oxidation sites excluding steroid dienone is 1. The first-order chi connectivity index (χ1) is 13.6. The van der Waals surface area contributed by atoms with Crippen molar-refractivity contribution in [3.8, 4) is 0 Å². The van der Waals surface area contributed by atoms with Gasteiger partial charge in [-0.15, -0.1) is 0 Å². The van der Waals surface area contributed by atoms with E-state index < -0.39 is 0 Å². The van der Waals surface area contributed by atoms with Crippen LogP contribution in [0.3, 0.4) is 0 Å². The van der Waals surface area contributed by atoms with Crippen molar-refractivity contribution in [1.82, 2.24) is 0 Å². The largest absolute Gasteiger partial charge is 0.466 e. The lowest BCUT2D eigenvalue weighted by Gasteiger charge is -2.07. The van der Waals surface area contributed by atoms with Gasteiger partial charge in [0.25, 0.3) is 0 Å². The second-order valence-electron chi connectivity index (χ2n) is 8.63. The van der Waals surface area contributed by atoms with Crippen LogP contribution in [0.4, 0.5) is 0 Å². The van der Waals surface area contributed by atoms with Crippen LogP contribution in [0.2, 0.25) is 0 Å². The van der Waals surface area contributed by atoms with E-state index in [9.17, 15) is 9.90 Å². The van der Waals surface area contributed by atoms with Crippen molar-refractivity contribution in [3.05, 3.63) is 12.2 Å². The predicted octanol–water partition coefficient (Wildman–Crippen LogP) is 7.36. The van der Waals surface area contributed by atoms with Crippen molar-refractivity contribution in [3.63, 3.8) is 0 Å². The van der Waals surface area contributed by atoms with Crippen molar-refractivity contribution in [2.75, 3.05) is 6.61 Å². The summed E-state index contributed by atoms with van der Waals surface area (Å²) in [6.45, 7) is 7.25. The lowest BCUT2D eigenvalue weighted by molar-refractivity contribution is -0.143. The normalized spacial score (nSPS) is 12.8. The molecule has 0 aliphatic carbocycles. The number of ether oxygens (including phenoxy) is 1. The summed E-state index contributed by atoms with van der Waals surface area (Å²) in [5.41, 5.74) is 0. The topological polar surface area (TPSA) is 46.5 Å². The number of aliphatic hydroxyl groups is 1. The Labute approximate surface area is 175 Å². The van der Waals surface area contributed by atoms with Gasteiger partial charge in [0.15, 0.2) is 0 Å². The first-order valence-electron chi connectivity index (χ1n) is 12.0. The molecule has 0 bridgehead atoms. The highest BCUT2D eigenvalue weighted by Gasteiger charge is 2.03. The Bertz CT molecular complexity index is 363. The lowest BCUT2D eigenvalue weighted by atomic mass is 10.1. The van der Waals surface area contributed by atoms with Crippen molar-refractivity contribution < 1.29 is 14.6 Å². The molecule has 0 aromatic carbocycles. The maximum atomic E-state index is 11.6. The van der Waals surface area contributed by atoms with E-state index in [-0.39, 0.29) is 12.1 Å². The fourth-order valence-electron chi connectivity index (χ4n) is 3.27. The first-order valence-corrected chi connectivity index (χ1v) is 12.0. The van der Waals surface area contributed by atoms with Gasteiger partial charge in [0, 0.05) is 6.42 Å². The number of hydrogen-bond donors (Lipinski definition) is 1. The smallest absolute Gasteiger partial charge is 0.305 e. The van der Waals surface area contributed by atoms with Crippen LogP contribution < -0.4 is 0 Å². The van der Waals surface area contributed by atoms with Crippen LogP contribution >= 0.6 is 0 Å². The number of carbonyl (C=O) groups excluding carboxylic acids is 1. The van der Waals surface area contributed by atoms with Gasteiger partial charge in [-0.2, -0.15) is 0 Å². The fraction of sp³-hybridized carbons (Fsp3) is 0.880. The van der Waals surface area contributed by atoms with Gasteiger partial charge in [-0.05, 0) is 50.9 Å². The Hall–Kier alpha value is -0.830. The summed E-state index contributed by atoms with van der Waals surface area (Å²) in [6.07, 6.45) is 21.5. The molecule has 3 heteroatoms. The molecule has 0 amide bonds. The third-order valence-corrected chi connectivity index (χ3v) is 5.16. The quantitative estimate of drug-likeness (QED) is 0.133. The van der Waals surface area contributed by atoms with E-state index in [4.69, 9.17) is 4.74 Å². The van der Waals surface area contributed by atoms with Crippen molar-refractivity contribution >= 4 is 5.97 Å². The van der Waals surface area contributed by atoms with E-state index in [0.29, 0.717) is 13.0 Å². The minimum absolute atomic E-state index is 0.0271. The summed E-state index contributed by atoms with van der Waals surface area (Å²) in [7, 11) is 0. The molecule has 0 spiro atoms. The molecule has 0 radical (unpaired) electrons. The molecule has 0 heterocycles. The first kappa shape index (κ1) is 27.2. The van der Waals surface area contributed by atoms with Gasteiger partial charge in [0.2, 0.25) is 0 Å². The average Bonchev–Trinajstić information content (AvgIpc) is 2.66. The van der Waals surface area contributed by atoms with E-state index in [0.717, 1.165) is 57.3 Å². The van der Waals surface area contributed by atoms with Crippen LogP contribution in [0.15, 0.2) is 12.2 Å². The van der Waals surface area contributed by atoms with E-state index in [1.807, 2.05) is 0 Å². The summed E-state index contributed by atoms with van der Waals surface area (Å²) < 4.78 is 5.28. The second kappa shape index (κ2) is 20.9. The second-order valence-corrected chi connectivity index (χ2v) is 8.63. The van der Waals surface area contributed by atoms with Crippen molar-refractivity contribution in [2.24, 2.45) is 5.92 Å². The van der Waals surface area contributed by atoms with E-state index >= 15 is 0 Å². The molecule has 0 saturated carbocycles. The van der Waals surface area contributed by atoms with E-state index in [2.05, 4.69) is 32.9 Å². The third-order valence-electron chi connectivity index (χ3n) is 5.16. The van der Waals surface area contributed by atoms with Gasteiger partial charge in [0.1, 0.15) is 0 Å². The molecule has 0 aliphatic heterocycles. The maximum absolute atomic E-state index is 11.6. The zero-order valence-corrected chi connectivity index (χ0v) is 19.1. The Morgan fingerprint density at radius 1 is 0.857 bits per heavy atom. The number of hydrogen-bond acceptors (Lipinski definition) is 3. The minimum Gasteiger partial charge on any atom is -0.466 e. The Kier molecular flexibility index (Phi) is 20.3. The van der Waals surface area contributed by atoms with Crippen LogP contribution in [0, 0.1) is 5.92 Å². The average molecular weight is 397 g/mol. The monoisotopic (exact) mass is 396 g/mol. The van der Waals surface area contributed by atoms with E-state index in [1.54, 1.807) is 0 Å².